The van der Waals surface area contributed by atoms with Gasteiger partial charge >= 0.3 is 0 Å². The molecular weight excluding hydrogens is 242 g/mol. The monoisotopic (exact) mass is 267 g/mol. The molecule has 4 heteroatoms. The van der Waals surface area contributed by atoms with Crippen LogP contribution in [0.4, 0.5) is 5.13 Å². The molecule has 18 heavy (non-hydrogen) atoms. The third-order valence-corrected chi connectivity index (χ3v) is 4.60. The van der Waals surface area contributed by atoms with Crippen LogP contribution in [0.25, 0.3) is 0 Å². The molecule has 0 spiro atoms. The maximum Gasteiger partial charge on any atom is 0.186 e. The highest BCUT2D eigenvalue weighted by molar-refractivity contribution is 7.15. The topological polar surface area (TPSA) is 28.2 Å². The van der Waals surface area contributed by atoms with Crippen molar-refractivity contribution < 1.29 is 0 Å². The Hall–Kier alpha value is -0.610. The van der Waals surface area contributed by atoms with Crippen molar-refractivity contribution in [1.82, 2.24) is 10.3 Å². The van der Waals surface area contributed by atoms with Gasteiger partial charge in [0.15, 0.2) is 5.13 Å². The fourth-order valence-corrected chi connectivity index (χ4v) is 3.22. The molecule has 1 aromatic heterocycles. The lowest BCUT2D eigenvalue weighted by molar-refractivity contribution is 0.710. The van der Waals surface area contributed by atoms with Gasteiger partial charge in [0.1, 0.15) is 0 Å². The van der Waals surface area contributed by atoms with Crippen LogP contribution in [0.1, 0.15) is 50.1 Å². The van der Waals surface area contributed by atoms with Crippen molar-refractivity contribution in [2.75, 3.05) is 18.0 Å². The number of aryl methyl sites for hydroxylation is 1. The van der Waals surface area contributed by atoms with Gasteiger partial charge in [0.2, 0.25) is 0 Å². The number of unbranched alkanes of at least 4 members (excludes halogenated alkanes) is 1. The van der Waals surface area contributed by atoms with E-state index >= 15 is 0 Å². The SMILES string of the molecule is CCCCN(c1nc(C)c(CNCC)s1)C1CC1. The fourth-order valence-electron chi connectivity index (χ4n) is 2.09. The second-order valence-corrected chi connectivity index (χ2v) is 6.13. The summed E-state index contributed by atoms with van der Waals surface area (Å²) in [5, 5.41) is 4.64. The van der Waals surface area contributed by atoms with Gasteiger partial charge in [-0.05, 0) is 32.7 Å². The first kappa shape index (κ1) is 13.8. The highest BCUT2D eigenvalue weighted by Gasteiger charge is 2.30. The minimum atomic E-state index is 0.772. The van der Waals surface area contributed by atoms with Gasteiger partial charge in [0.05, 0.1) is 5.69 Å². The Morgan fingerprint density at radius 3 is 2.78 bits per heavy atom. The van der Waals surface area contributed by atoms with Crippen molar-refractivity contribution in [3.8, 4) is 0 Å². The minimum Gasteiger partial charge on any atom is -0.345 e. The molecular formula is C14H25N3S. The predicted octanol–water partition coefficient (Wildman–Crippen LogP) is 3.33. The largest absolute Gasteiger partial charge is 0.345 e. The quantitative estimate of drug-likeness (QED) is 0.783. The first-order chi connectivity index (χ1) is 8.76. The van der Waals surface area contributed by atoms with Gasteiger partial charge in [0.25, 0.3) is 0 Å². The van der Waals surface area contributed by atoms with E-state index in [9.17, 15) is 0 Å². The average Bonchev–Trinajstić information content (AvgIpc) is 3.12. The first-order valence-corrected chi connectivity index (χ1v) is 8.01. The molecule has 0 bridgehead atoms. The Kier molecular flexibility index (Phi) is 5.01. The summed E-state index contributed by atoms with van der Waals surface area (Å²) in [6.45, 7) is 9.71. The Morgan fingerprint density at radius 1 is 1.39 bits per heavy atom. The molecule has 102 valence electrons. The average molecular weight is 267 g/mol. The summed E-state index contributed by atoms with van der Waals surface area (Å²) in [7, 11) is 0. The van der Waals surface area contributed by atoms with Crippen molar-refractivity contribution in [2.45, 2.75) is 59.0 Å². The van der Waals surface area contributed by atoms with E-state index < -0.39 is 0 Å². The van der Waals surface area contributed by atoms with Crippen molar-refractivity contribution in [1.29, 1.82) is 0 Å². The van der Waals surface area contributed by atoms with Gasteiger partial charge in [-0.1, -0.05) is 20.3 Å². The zero-order chi connectivity index (χ0) is 13.0. The van der Waals surface area contributed by atoms with E-state index in [-0.39, 0.29) is 0 Å². The van der Waals surface area contributed by atoms with Crippen LogP contribution in [0.5, 0.6) is 0 Å². The van der Waals surface area contributed by atoms with Gasteiger partial charge in [-0.2, -0.15) is 0 Å². The Bertz CT molecular complexity index is 371. The van der Waals surface area contributed by atoms with Crippen LogP contribution in [0.15, 0.2) is 0 Å². The fraction of sp³-hybridized carbons (Fsp3) is 0.786. The molecule has 0 atom stereocenters. The van der Waals surface area contributed by atoms with Gasteiger partial charge in [-0.3, -0.25) is 0 Å². The number of aromatic nitrogens is 1. The molecule has 0 saturated heterocycles. The molecule has 1 heterocycles. The molecule has 0 unspecified atom stereocenters. The summed E-state index contributed by atoms with van der Waals surface area (Å²) in [6.07, 6.45) is 5.24. The van der Waals surface area contributed by atoms with Gasteiger partial charge < -0.3 is 10.2 Å². The highest BCUT2D eigenvalue weighted by atomic mass is 32.1. The van der Waals surface area contributed by atoms with Gasteiger partial charge in [-0.15, -0.1) is 11.3 Å². The standard InChI is InChI=1S/C14H25N3S/c1-4-6-9-17(12-7-8-12)14-16-11(3)13(18-14)10-15-5-2/h12,15H,4-10H2,1-3H3. The second-order valence-electron chi connectivity index (χ2n) is 5.06. The molecule has 1 N–H and O–H groups in total. The summed E-state index contributed by atoms with van der Waals surface area (Å²) in [4.78, 5) is 8.72. The van der Waals surface area contributed by atoms with Crippen LogP contribution < -0.4 is 10.2 Å². The van der Waals surface area contributed by atoms with E-state index in [0.29, 0.717) is 0 Å². The summed E-state index contributed by atoms with van der Waals surface area (Å²) in [5.41, 5.74) is 1.21. The Labute approximate surface area is 115 Å². The third-order valence-electron chi connectivity index (χ3n) is 3.40. The second kappa shape index (κ2) is 6.53. The summed E-state index contributed by atoms with van der Waals surface area (Å²) >= 11 is 1.88. The van der Waals surface area contributed by atoms with E-state index in [4.69, 9.17) is 4.98 Å². The smallest absolute Gasteiger partial charge is 0.186 e. The summed E-state index contributed by atoms with van der Waals surface area (Å²) in [5.74, 6) is 0. The molecule has 2 rings (SSSR count). The lowest BCUT2D eigenvalue weighted by Gasteiger charge is -2.20. The molecule has 1 aliphatic rings. The number of anilines is 1. The lowest BCUT2D eigenvalue weighted by Crippen LogP contribution is -2.26. The van der Waals surface area contributed by atoms with Crippen LogP contribution >= 0.6 is 11.3 Å². The third kappa shape index (κ3) is 3.45. The molecule has 1 saturated carbocycles. The van der Waals surface area contributed by atoms with Crippen molar-refractivity contribution in [3.05, 3.63) is 10.6 Å². The minimum absolute atomic E-state index is 0.772. The number of nitrogens with one attached hydrogen (secondary N) is 1. The van der Waals surface area contributed by atoms with Crippen LogP contribution in [-0.2, 0) is 6.54 Å². The van der Waals surface area contributed by atoms with E-state index in [0.717, 1.165) is 19.1 Å². The number of thiazole rings is 1. The molecule has 0 aliphatic heterocycles. The maximum absolute atomic E-state index is 4.78. The van der Waals surface area contributed by atoms with Crippen molar-refractivity contribution in [3.63, 3.8) is 0 Å². The molecule has 1 aliphatic carbocycles. The molecule has 3 nitrogen and oxygen atoms in total. The van der Waals surface area contributed by atoms with Crippen molar-refractivity contribution >= 4 is 16.5 Å². The molecule has 1 aromatic rings. The van der Waals surface area contributed by atoms with E-state index in [1.807, 2.05) is 11.3 Å². The predicted molar refractivity (Wildman–Crippen MR) is 79.5 cm³/mol. The van der Waals surface area contributed by atoms with Gasteiger partial charge in [-0.25, -0.2) is 4.98 Å². The zero-order valence-electron chi connectivity index (χ0n) is 11.8. The number of hydrogen-bond acceptors (Lipinski definition) is 4. The maximum atomic E-state index is 4.78. The summed E-state index contributed by atoms with van der Waals surface area (Å²) in [6, 6.07) is 0.772. The van der Waals surface area contributed by atoms with E-state index in [2.05, 4.69) is 31.0 Å². The van der Waals surface area contributed by atoms with Crippen LogP contribution in [0.2, 0.25) is 0 Å². The summed E-state index contributed by atoms with van der Waals surface area (Å²) < 4.78 is 0. The van der Waals surface area contributed by atoms with E-state index in [1.165, 1.54) is 47.9 Å². The van der Waals surface area contributed by atoms with E-state index in [1.54, 1.807) is 0 Å². The van der Waals surface area contributed by atoms with Crippen LogP contribution in [0, 0.1) is 6.92 Å². The van der Waals surface area contributed by atoms with Crippen LogP contribution in [-0.4, -0.2) is 24.1 Å². The molecule has 0 amide bonds. The number of rotatable bonds is 8. The van der Waals surface area contributed by atoms with Crippen LogP contribution in [0.3, 0.4) is 0 Å². The molecule has 0 radical (unpaired) electrons. The Morgan fingerprint density at radius 2 is 2.17 bits per heavy atom. The highest BCUT2D eigenvalue weighted by Crippen LogP contribution is 2.35. The normalized spacial score (nSPS) is 15.1. The number of hydrogen-bond donors (Lipinski definition) is 1. The Balaban J connectivity index is 2.04. The zero-order valence-corrected chi connectivity index (χ0v) is 12.6. The first-order valence-electron chi connectivity index (χ1n) is 7.19. The molecule has 1 fully saturated rings. The molecule has 0 aromatic carbocycles. The number of nitrogens with zero attached hydrogens (tertiary/aromatic N) is 2. The lowest BCUT2D eigenvalue weighted by atomic mass is 10.3. The van der Waals surface area contributed by atoms with Gasteiger partial charge in [0, 0.05) is 24.0 Å². The van der Waals surface area contributed by atoms with Crippen molar-refractivity contribution in [2.24, 2.45) is 0 Å².